The Morgan fingerprint density at radius 2 is 2.43 bits per heavy atom. The number of pyridine rings is 1. The van der Waals surface area contributed by atoms with Crippen molar-refractivity contribution >= 4 is 22.4 Å². The van der Waals surface area contributed by atoms with Gasteiger partial charge in [0, 0.05) is 30.6 Å². The highest BCUT2D eigenvalue weighted by atomic mass is 32.1. The van der Waals surface area contributed by atoms with Crippen molar-refractivity contribution < 1.29 is 9.53 Å². The minimum atomic E-state index is -0.0556. The molecule has 21 heavy (non-hydrogen) atoms. The number of anilines is 1. The van der Waals surface area contributed by atoms with E-state index in [1.54, 1.807) is 6.20 Å². The summed E-state index contributed by atoms with van der Waals surface area (Å²) in [5.41, 5.74) is 1.58. The molecule has 3 heterocycles. The molecule has 7 heteroatoms. The molecule has 0 aromatic carbocycles. The number of rotatable bonds is 4. The van der Waals surface area contributed by atoms with E-state index in [9.17, 15) is 4.79 Å². The number of carbonyl (C=O) groups excluding carboxylic acids is 1. The van der Waals surface area contributed by atoms with Crippen LogP contribution in [0.2, 0.25) is 0 Å². The van der Waals surface area contributed by atoms with Gasteiger partial charge in [-0.05, 0) is 12.1 Å². The van der Waals surface area contributed by atoms with Gasteiger partial charge in [0.15, 0.2) is 5.13 Å². The number of amides is 1. The zero-order valence-corrected chi connectivity index (χ0v) is 12.2. The average Bonchev–Trinajstić information content (AvgIpc) is 2.97. The quantitative estimate of drug-likeness (QED) is 0.895. The molecule has 6 nitrogen and oxygen atoms in total. The molecule has 0 aliphatic carbocycles. The van der Waals surface area contributed by atoms with Crippen molar-refractivity contribution in [3.63, 3.8) is 0 Å². The highest BCUT2D eigenvalue weighted by Crippen LogP contribution is 2.23. The first-order chi connectivity index (χ1) is 10.3. The van der Waals surface area contributed by atoms with Crippen LogP contribution in [0.5, 0.6) is 0 Å². The number of thiazole rings is 1. The van der Waals surface area contributed by atoms with Gasteiger partial charge in [0.2, 0.25) is 5.91 Å². The molecule has 2 aromatic rings. The zero-order chi connectivity index (χ0) is 14.5. The van der Waals surface area contributed by atoms with Crippen molar-refractivity contribution in [2.24, 2.45) is 0 Å². The van der Waals surface area contributed by atoms with E-state index in [2.05, 4.69) is 20.6 Å². The molecule has 1 unspecified atom stereocenters. The number of nitrogens with one attached hydrogen (secondary N) is 2. The molecular weight excluding hydrogens is 288 g/mol. The molecule has 3 rings (SSSR count). The summed E-state index contributed by atoms with van der Waals surface area (Å²) in [7, 11) is 0. The van der Waals surface area contributed by atoms with Gasteiger partial charge in [-0.1, -0.05) is 6.07 Å². The van der Waals surface area contributed by atoms with Crippen molar-refractivity contribution in [1.29, 1.82) is 0 Å². The number of hydrogen-bond donors (Lipinski definition) is 2. The number of aromatic nitrogens is 2. The second-order valence-electron chi connectivity index (χ2n) is 4.73. The summed E-state index contributed by atoms with van der Waals surface area (Å²) in [4.78, 5) is 20.6. The lowest BCUT2D eigenvalue weighted by molar-refractivity contribution is -0.117. The SMILES string of the molecule is O=C(CC1COCCN1)Nc1nc(-c2ccccn2)cs1. The maximum Gasteiger partial charge on any atom is 0.227 e. The highest BCUT2D eigenvalue weighted by Gasteiger charge is 2.17. The number of nitrogens with zero attached hydrogens (tertiary/aromatic N) is 2. The van der Waals surface area contributed by atoms with Gasteiger partial charge in [0.1, 0.15) is 5.69 Å². The Balaban J connectivity index is 1.58. The molecule has 1 aliphatic rings. The van der Waals surface area contributed by atoms with E-state index in [1.165, 1.54) is 11.3 Å². The molecule has 110 valence electrons. The van der Waals surface area contributed by atoms with E-state index in [1.807, 2.05) is 23.6 Å². The van der Waals surface area contributed by atoms with Crippen LogP contribution in [0.15, 0.2) is 29.8 Å². The Labute approximate surface area is 126 Å². The molecule has 1 fully saturated rings. The minimum absolute atomic E-state index is 0.0556. The Kier molecular flexibility index (Phi) is 4.54. The van der Waals surface area contributed by atoms with E-state index in [-0.39, 0.29) is 11.9 Å². The maximum atomic E-state index is 12.0. The smallest absolute Gasteiger partial charge is 0.227 e. The van der Waals surface area contributed by atoms with Gasteiger partial charge in [0.25, 0.3) is 0 Å². The molecule has 1 aliphatic heterocycles. The third kappa shape index (κ3) is 3.84. The highest BCUT2D eigenvalue weighted by molar-refractivity contribution is 7.14. The summed E-state index contributed by atoms with van der Waals surface area (Å²) in [5.74, 6) is -0.0556. The van der Waals surface area contributed by atoms with Crippen molar-refractivity contribution in [1.82, 2.24) is 15.3 Å². The third-order valence-electron chi connectivity index (χ3n) is 3.11. The molecule has 2 N–H and O–H groups in total. The van der Waals surface area contributed by atoms with Gasteiger partial charge >= 0.3 is 0 Å². The predicted octanol–water partition coefficient (Wildman–Crippen LogP) is 1.52. The fourth-order valence-electron chi connectivity index (χ4n) is 2.11. The summed E-state index contributed by atoms with van der Waals surface area (Å²) in [6, 6.07) is 5.74. The second kappa shape index (κ2) is 6.75. The van der Waals surface area contributed by atoms with Crippen LogP contribution in [0.4, 0.5) is 5.13 Å². The van der Waals surface area contributed by atoms with Crippen LogP contribution in [0, 0.1) is 0 Å². The third-order valence-corrected chi connectivity index (χ3v) is 3.87. The van der Waals surface area contributed by atoms with Crippen LogP contribution >= 0.6 is 11.3 Å². The van der Waals surface area contributed by atoms with Crippen molar-refractivity contribution in [3.8, 4) is 11.4 Å². The summed E-state index contributed by atoms with van der Waals surface area (Å²) < 4.78 is 5.33. The van der Waals surface area contributed by atoms with Crippen LogP contribution in [0.3, 0.4) is 0 Å². The standard InChI is InChI=1S/C14H16N4O2S/c19-13(7-10-8-20-6-5-15-10)18-14-17-12(9-21-14)11-3-1-2-4-16-11/h1-4,9-10,15H,5-8H2,(H,17,18,19). The van der Waals surface area contributed by atoms with Crippen LogP contribution in [0.1, 0.15) is 6.42 Å². The largest absolute Gasteiger partial charge is 0.378 e. The number of ether oxygens (including phenoxy) is 1. The monoisotopic (exact) mass is 304 g/mol. The molecule has 1 atom stereocenters. The lowest BCUT2D eigenvalue weighted by atomic mass is 10.2. The van der Waals surface area contributed by atoms with Gasteiger partial charge in [-0.3, -0.25) is 9.78 Å². The van der Waals surface area contributed by atoms with Gasteiger partial charge in [0.05, 0.1) is 18.9 Å². The van der Waals surface area contributed by atoms with E-state index in [0.29, 0.717) is 24.8 Å². The molecule has 0 radical (unpaired) electrons. The first-order valence-corrected chi connectivity index (χ1v) is 7.67. The molecule has 1 amide bonds. The average molecular weight is 304 g/mol. The van der Waals surface area contributed by atoms with Crippen molar-refractivity contribution in [2.75, 3.05) is 25.1 Å². The number of hydrogen-bond acceptors (Lipinski definition) is 6. The summed E-state index contributed by atoms with van der Waals surface area (Å²) >= 11 is 1.40. The van der Waals surface area contributed by atoms with Crippen LogP contribution in [-0.4, -0.2) is 41.7 Å². The van der Waals surface area contributed by atoms with Gasteiger partial charge in [-0.25, -0.2) is 4.98 Å². The maximum absolute atomic E-state index is 12.0. The Morgan fingerprint density at radius 3 is 3.19 bits per heavy atom. The van der Waals surface area contributed by atoms with Crippen LogP contribution < -0.4 is 10.6 Å². The number of carbonyl (C=O) groups is 1. The van der Waals surface area contributed by atoms with Crippen molar-refractivity contribution in [2.45, 2.75) is 12.5 Å². The van der Waals surface area contributed by atoms with E-state index >= 15 is 0 Å². The van der Waals surface area contributed by atoms with Crippen LogP contribution in [0.25, 0.3) is 11.4 Å². The fraction of sp³-hybridized carbons (Fsp3) is 0.357. The van der Waals surface area contributed by atoms with Gasteiger partial charge in [-0.15, -0.1) is 11.3 Å². The Bertz CT molecular complexity index is 596. The summed E-state index contributed by atoms with van der Waals surface area (Å²) in [6.45, 7) is 2.07. The van der Waals surface area contributed by atoms with E-state index in [4.69, 9.17) is 4.74 Å². The lowest BCUT2D eigenvalue weighted by Gasteiger charge is -2.22. The number of morpholine rings is 1. The zero-order valence-electron chi connectivity index (χ0n) is 11.4. The van der Waals surface area contributed by atoms with Gasteiger partial charge in [-0.2, -0.15) is 0 Å². The minimum Gasteiger partial charge on any atom is -0.378 e. The Morgan fingerprint density at radius 1 is 1.48 bits per heavy atom. The lowest BCUT2D eigenvalue weighted by Crippen LogP contribution is -2.43. The predicted molar refractivity (Wildman–Crippen MR) is 81.2 cm³/mol. The molecule has 0 bridgehead atoms. The van der Waals surface area contributed by atoms with Crippen LogP contribution in [-0.2, 0) is 9.53 Å². The molecule has 0 spiro atoms. The summed E-state index contributed by atoms with van der Waals surface area (Å²) in [6.07, 6.45) is 2.11. The molecule has 1 saturated heterocycles. The van der Waals surface area contributed by atoms with E-state index in [0.717, 1.165) is 17.9 Å². The van der Waals surface area contributed by atoms with Gasteiger partial charge < -0.3 is 15.4 Å². The topological polar surface area (TPSA) is 76.1 Å². The summed E-state index contributed by atoms with van der Waals surface area (Å²) in [5, 5.41) is 8.56. The molecule has 2 aromatic heterocycles. The second-order valence-corrected chi connectivity index (χ2v) is 5.59. The fourth-order valence-corrected chi connectivity index (χ4v) is 2.83. The Hall–Kier alpha value is -1.83. The van der Waals surface area contributed by atoms with E-state index < -0.39 is 0 Å². The first kappa shape index (κ1) is 14.1. The molecular formula is C14H16N4O2S. The normalized spacial score (nSPS) is 18.4. The van der Waals surface area contributed by atoms with Crippen molar-refractivity contribution in [3.05, 3.63) is 29.8 Å². The first-order valence-electron chi connectivity index (χ1n) is 6.79. The molecule has 0 saturated carbocycles.